The van der Waals surface area contributed by atoms with E-state index in [0.29, 0.717) is 25.4 Å². The summed E-state index contributed by atoms with van der Waals surface area (Å²) in [5.74, 6) is 1.24. The predicted octanol–water partition coefficient (Wildman–Crippen LogP) is 3.81. The minimum absolute atomic E-state index is 0.0723. The van der Waals surface area contributed by atoms with Crippen LogP contribution in [0.3, 0.4) is 0 Å². The average Bonchev–Trinajstić information content (AvgIpc) is 3.53. The fourth-order valence-corrected chi connectivity index (χ4v) is 5.71. The molecule has 0 bridgehead atoms. The standard InChI is InChI=1S/C23H28N2O4S/c1-17(19-7-8-19)25(16-18-5-11-21(29-2)12-6-18)30(27,28)22-13-9-20(10-14-22)24-15-3-4-23(24)26/h5-6,9-14,17,19H,3-4,7-8,15-16H2,1-2H3. The van der Waals surface area contributed by atoms with Crippen LogP contribution in [0.5, 0.6) is 5.75 Å². The first-order valence-corrected chi connectivity index (χ1v) is 11.9. The number of benzene rings is 2. The zero-order valence-electron chi connectivity index (χ0n) is 17.5. The van der Waals surface area contributed by atoms with E-state index in [1.54, 1.807) is 40.6 Å². The molecule has 7 heteroatoms. The van der Waals surface area contributed by atoms with E-state index in [2.05, 4.69) is 0 Å². The van der Waals surface area contributed by atoms with Crippen LogP contribution < -0.4 is 9.64 Å². The van der Waals surface area contributed by atoms with Crippen LogP contribution in [0.4, 0.5) is 5.69 Å². The molecule has 1 saturated heterocycles. The average molecular weight is 429 g/mol. The summed E-state index contributed by atoms with van der Waals surface area (Å²) in [5, 5.41) is 0. The van der Waals surface area contributed by atoms with Crippen molar-refractivity contribution in [1.29, 1.82) is 0 Å². The van der Waals surface area contributed by atoms with E-state index in [1.807, 2.05) is 31.2 Å². The molecule has 0 N–H and O–H groups in total. The second-order valence-electron chi connectivity index (χ2n) is 8.12. The number of anilines is 1. The minimum Gasteiger partial charge on any atom is -0.497 e. The van der Waals surface area contributed by atoms with E-state index in [0.717, 1.165) is 36.3 Å². The highest BCUT2D eigenvalue weighted by molar-refractivity contribution is 7.89. The first-order valence-electron chi connectivity index (χ1n) is 10.5. The Hall–Kier alpha value is -2.38. The van der Waals surface area contributed by atoms with Crippen molar-refractivity contribution >= 4 is 21.6 Å². The molecule has 160 valence electrons. The number of sulfonamides is 1. The molecule has 1 saturated carbocycles. The molecule has 1 amide bonds. The maximum absolute atomic E-state index is 13.6. The second kappa shape index (κ2) is 8.40. The minimum atomic E-state index is -3.67. The van der Waals surface area contributed by atoms with Gasteiger partial charge in [-0.05, 0) is 74.1 Å². The number of hydrogen-bond donors (Lipinski definition) is 0. The van der Waals surface area contributed by atoms with Crippen molar-refractivity contribution in [3.8, 4) is 5.75 Å². The van der Waals surface area contributed by atoms with Gasteiger partial charge in [0.2, 0.25) is 15.9 Å². The summed E-state index contributed by atoms with van der Waals surface area (Å²) in [6.45, 7) is 3.00. The van der Waals surface area contributed by atoms with Gasteiger partial charge in [-0.2, -0.15) is 4.31 Å². The number of methoxy groups -OCH3 is 1. The summed E-state index contributed by atoms with van der Waals surface area (Å²) < 4.78 is 33.9. The summed E-state index contributed by atoms with van der Waals surface area (Å²) in [6, 6.07) is 14.2. The fraction of sp³-hybridized carbons (Fsp3) is 0.435. The Morgan fingerprint density at radius 2 is 1.77 bits per heavy atom. The lowest BCUT2D eigenvalue weighted by atomic mass is 10.1. The maximum Gasteiger partial charge on any atom is 0.243 e. The van der Waals surface area contributed by atoms with E-state index < -0.39 is 10.0 Å². The molecule has 2 aromatic rings. The van der Waals surface area contributed by atoms with E-state index in [4.69, 9.17) is 4.74 Å². The molecular weight excluding hydrogens is 400 g/mol. The van der Waals surface area contributed by atoms with Crippen LogP contribution in [-0.2, 0) is 21.4 Å². The SMILES string of the molecule is COc1ccc(CN(C(C)C2CC2)S(=O)(=O)c2ccc(N3CCCC3=O)cc2)cc1. The van der Waals surface area contributed by atoms with Crippen molar-refractivity contribution in [3.63, 3.8) is 0 Å². The van der Waals surface area contributed by atoms with Gasteiger partial charge in [0, 0.05) is 31.2 Å². The monoisotopic (exact) mass is 428 g/mol. The summed E-state index contributed by atoms with van der Waals surface area (Å²) in [7, 11) is -2.06. The molecule has 4 rings (SSSR count). The first-order chi connectivity index (χ1) is 14.4. The lowest BCUT2D eigenvalue weighted by Crippen LogP contribution is -2.39. The Morgan fingerprint density at radius 1 is 1.10 bits per heavy atom. The van der Waals surface area contributed by atoms with E-state index >= 15 is 0 Å². The second-order valence-corrected chi connectivity index (χ2v) is 10.0. The quantitative estimate of drug-likeness (QED) is 0.641. The number of rotatable bonds is 8. The van der Waals surface area contributed by atoms with Crippen molar-refractivity contribution in [2.45, 2.75) is 50.1 Å². The number of ether oxygens (including phenoxy) is 1. The van der Waals surface area contributed by atoms with Crippen LogP contribution in [0.15, 0.2) is 53.4 Å². The van der Waals surface area contributed by atoms with Crippen molar-refractivity contribution in [1.82, 2.24) is 4.31 Å². The topological polar surface area (TPSA) is 66.9 Å². The predicted molar refractivity (Wildman–Crippen MR) is 116 cm³/mol. The first kappa shape index (κ1) is 20.9. The highest BCUT2D eigenvalue weighted by atomic mass is 32.2. The Morgan fingerprint density at radius 3 is 2.30 bits per heavy atom. The lowest BCUT2D eigenvalue weighted by molar-refractivity contribution is -0.117. The van der Waals surface area contributed by atoms with Crippen LogP contribution in [0.2, 0.25) is 0 Å². The van der Waals surface area contributed by atoms with Crippen LogP contribution in [0.1, 0.15) is 38.2 Å². The zero-order chi connectivity index (χ0) is 21.3. The summed E-state index contributed by atoms with van der Waals surface area (Å²) in [6.07, 6.45) is 3.51. The third-order valence-corrected chi connectivity index (χ3v) is 8.03. The molecule has 2 aromatic carbocycles. The van der Waals surface area contributed by atoms with Crippen molar-refractivity contribution in [2.75, 3.05) is 18.6 Å². The van der Waals surface area contributed by atoms with Crippen LogP contribution in [0.25, 0.3) is 0 Å². The molecule has 0 radical (unpaired) electrons. The number of hydrogen-bond acceptors (Lipinski definition) is 4. The van der Waals surface area contributed by atoms with Gasteiger partial charge < -0.3 is 9.64 Å². The summed E-state index contributed by atoms with van der Waals surface area (Å²) >= 11 is 0. The third kappa shape index (κ3) is 4.23. The van der Waals surface area contributed by atoms with Gasteiger partial charge in [0.1, 0.15) is 5.75 Å². The van der Waals surface area contributed by atoms with Crippen LogP contribution in [-0.4, -0.2) is 38.3 Å². The van der Waals surface area contributed by atoms with Gasteiger partial charge in [0.05, 0.1) is 12.0 Å². The van der Waals surface area contributed by atoms with Gasteiger partial charge in [-0.15, -0.1) is 0 Å². The molecular formula is C23H28N2O4S. The number of carbonyl (C=O) groups excluding carboxylic acids is 1. The van der Waals surface area contributed by atoms with Gasteiger partial charge in [-0.1, -0.05) is 12.1 Å². The molecule has 1 aliphatic carbocycles. The summed E-state index contributed by atoms with van der Waals surface area (Å²) in [5.41, 5.74) is 1.68. The van der Waals surface area contributed by atoms with E-state index in [1.165, 1.54) is 0 Å². The molecule has 2 fully saturated rings. The highest BCUT2D eigenvalue weighted by Crippen LogP contribution is 2.38. The molecule has 30 heavy (non-hydrogen) atoms. The molecule has 1 unspecified atom stereocenters. The molecule has 1 heterocycles. The van der Waals surface area contributed by atoms with Crippen molar-refractivity contribution in [3.05, 3.63) is 54.1 Å². The van der Waals surface area contributed by atoms with Gasteiger partial charge in [-0.25, -0.2) is 8.42 Å². The van der Waals surface area contributed by atoms with Crippen molar-refractivity contribution < 1.29 is 17.9 Å². The fourth-order valence-electron chi connectivity index (χ4n) is 4.03. The Labute approximate surface area is 178 Å². The van der Waals surface area contributed by atoms with Gasteiger partial charge in [0.25, 0.3) is 0 Å². The molecule has 0 spiro atoms. The molecule has 6 nitrogen and oxygen atoms in total. The zero-order valence-corrected chi connectivity index (χ0v) is 18.3. The largest absolute Gasteiger partial charge is 0.497 e. The van der Waals surface area contributed by atoms with Crippen LogP contribution in [0, 0.1) is 5.92 Å². The smallest absolute Gasteiger partial charge is 0.243 e. The Kier molecular flexibility index (Phi) is 5.84. The maximum atomic E-state index is 13.6. The number of carbonyl (C=O) groups is 1. The van der Waals surface area contributed by atoms with Gasteiger partial charge in [-0.3, -0.25) is 4.79 Å². The molecule has 1 atom stereocenters. The molecule has 2 aliphatic rings. The Bertz CT molecular complexity index is 999. The highest BCUT2D eigenvalue weighted by Gasteiger charge is 2.38. The van der Waals surface area contributed by atoms with E-state index in [-0.39, 0.29) is 16.8 Å². The number of nitrogens with zero attached hydrogens (tertiary/aromatic N) is 2. The summed E-state index contributed by atoms with van der Waals surface area (Å²) in [4.78, 5) is 14.0. The number of amides is 1. The molecule has 1 aliphatic heterocycles. The van der Waals surface area contributed by atoms with E-state index in [9.17, 15) is 13.2 Å². The molecule has 0 aromatic heterocycles. The van der Waals surface area contributed by atoms with Gasteiger partial charge in [0.15, 0.2) is 0 Å². The van der Waals surface area contributed by atoms with Gasteiger partial charge >= 0.3 is 0 Å². The lowest BCUT2D eigenvalue weighted by Gasteiger charge is -2.29. The normalized spacial score (nSPS) is 18.1. The Balaban J connectivity index is 1.60. The third-order valence-electron chi connectivity index (χ3n) is 6.08. The van der Waals surface area contributed by atoms with Crippen molar-refractivity contribution in [2.24, 2.45) is 5.92 Å². The van der Waals surface area contributed by atoms with Crippen LogP contribution >= 0.6 is 0 Å².